The SMILES string of the molecule is COc1cc(OC)cc(C2=NCC(C)C(C)c3nc(OCC(=O)O)cc(C)c32)c1. The summed E-state index contributed by atoms with van der Waals surface area (Å²) < 4.78 is 16.2. The third-order valence-electron chi connectivity index (χ3n) is 5.25. The number of aryl methyl sites for hydroxylation is 1. The molecule has 1 aromatic heterocycles. The molecule has 2 aromatic rings. The number of carboxylic acids is 1. The fourth-order valence-corrected chi connectivity index (χ4v) is 3.44. The van der Waals surface area contributed by atoms with Gasteiger partial charge in [-0.05, 0) is 30.5 Å². The number of ether oxygens (including phenoxy) is 3. The molecule has 0 saturated heterocycles. The molecule has 7 nitrogen and oxygen atoms in total. The first-order chi connectivity index (χ1) is 13.8. The normalized spacial score (nSPS) is 18.3. The average molecular weight is 398 g/mol. The van der Waals surface area contributed by atoms with Crippen LogP contribution in [0.4, 0.5) is 0 Å². The number of benzene rings is 1. The van der Waals surface area contributed by atoms with E-state index >= 15 is 0 Å². The van der Waals surface area contributed by atoms with Gasteiger partial charge in [0.15, 0.2) is 6.61 Å². The first-order valence-corrected chi connectivity index (χ1v) is 9.48. The lowest BCUT2D eigenvalue weighted by Gasteiger charge is -2.20. The van der Waals surface area contributed by atoms with Crippen molar-refractivity contribution >= 4 is 11.7 Å². The van der Waals surface area contributed by atoms with Gasteiger partial charge in [0.1, 0.15) is 11.5 Å². The molecule has 3 rings (SSSR count). The van der Waals surface area contributed by atoms with E-state index in [0.29, 0.717) is 23.9 Å². The lowest BCUT2D eigenvalue weighted by atomic mass is 9.87. The van der Waals surface area contributed by atoms with Crippen molar-refractivity contribution in [2.24, 2.45) is 10.9 Å². The quantitative estimate of drug-likeness (QED) is 0.801. The lowest BCUT2D eigenvalue weighted by Crippen LogP contribution is -2.16. The van der Waals surface area contributed by atoms with E-state index in [2.05, 4.69) is 18.8 Å². The van der Waals surface area contributed by atoms with E-state index in [1.807, 2.05) is 25.1 Å². The predicted octanol–water partition coefficient (Wildman–Crippen LogP) is 3.46. The summed E-state index contributed by atoms with van der Waals surface area (Å²) in [5, 5.41) is 8.92. The Balaban J connectivity index is 2.17. The van der Waals surface area contributed by atoms with Crippen LogP contribution in [-0.4, -0.2) is 49.1 Å². The molecule has 0 saturated carbocycles. The molecule has 1 aromatic carbocycles. The molecule has 154 valence electrons. The maximum absolute atomic E-state index is 10.9. The minimum absolute atomic E-state index is 0.130. The molecule has 1 N–H and O–H groups in total. The van der Waals surface area contributed by atoms with Gasteiger partial charge in [-0.15, -0.1) is 0 Å². The average Bonchev–Trinajstić information content (AvgIpc) is 2.83. The second-order valence-electron chi connectivity index (χ2n) is 7.28. The second-order valence-corrected chi connectivity index (χ2v) is 7.28. The molecule has 2 unspecified atom stereocenters. The maximum atomic E-state index is 10.9. The van der Waals surface area contributed by atoms with Crippen LogP contribution in [-0.2, 0) is 4.79 Å². The van der Waals surface area contributed by atoms with Crippen molar-refractivity contribution in [1.82, 2.24) is 4.98 Å². The molecule has 1 aliphatic heterocycles. The summed E-state index contributed by atoms with van der Waals surface area (Å²) in [7, 11) is 3.23. The minimum Gasteiger partial charge on any atom is -0.497 e. The molecule has 2 atom stereocenters. The smallest absolute Gasteiger partial charge is 0.341 e. The molecule has 0 radical (unpaired) electrons. The van der Waals surface area contributed by atoms with E-state index in [-0.39, 0.29) is 11.8 Å². The van der Waals surface area contributed by atoms with Crippen molar-refractivity contribution in [3.05, 3.63) is 46.6 Å². The molecular weight excluding hydrogens is 372 g/mol. The number of pyridine rings is 1. The third kappa shape index (κ3) is 4.34. The molecule has 0 aliphatic carbocycles. The molecule has 0 bridgehead atoms. The number of aliphatic imine (C=N–C) groups is 1. The highest BCUT2D eigenvalue weighted by molar-refractivity contribution is 6.15. The van der Waals surface area contributed by atoms with Crippen LogP contribution in [0.15, 0.2) is 29.3 Å². The van der Waals surface area contributed by atoms with E-state index in [1.165, 1.54) is 0 Å². The van der Waals surface area contributed by atoms with Gasteiger partial charge >= 0.3 is 5.97 Å². The Morgan fingerprint density at radius 3 is 2.38 bits per heavy atom. The standard InChI is InChI=1S/C22H26N2O5/c1-12-6-18(29-11-19(25)26)24-21-14(3)13(2)10-23-22(20(12)21)15-7-16(27-4)9-17(8-15)28-5/h6-9,13-14H,10-11H2,1-5H3,(H,25,26). The Morgan fingerprint density at radius 2 is 1.79 bits per heavy atom. The summed E-state index contributed by atoms with van der Waals surface area (Å²) in [6.45, 7) is 6.43. The predicted molar refractivity (Wildman–Crippen MR) is 110 cm³/mol. The number of hydrogen-bond donors (Lipinski definition) is 1. The summed E-state index contributed by atoms with van der Waals surface area (Å²) in [4.78, 5) is 20.5. The third-order valence-corrected chi connectivity index (χ3v) is 5.25. The van der Waals surface area contributed by atoms with Crippen LogP contribution in [0, 0.1) is 12.8 Å². The number of carboxylic acid groups (broad SMARTS) is 1. The Morgan fingerprint density at radius 1 is 1.14 bits per heavy atom. The number of aliphatic carboxylic acids is 1. The zero-order valence-electron chi connectivity index (χ0n) is 17.4. The number of nitrogens with zero attached hydrogens (tertiary/aromatic N) is 2. The topological polar surface area (TPSA) is 90.2 Å². The van der Waals surface area contributed by atoms with Crippen LogP contribution in [0.25, 0.3) is 0 Å². The van der Waals surface area contributed by atoms with Crippen molar-refractivity contribution < 1.29 is 24.1 Å². The van der Waals surface area contributed by atoms with Gasteiger partial charge in [0.05, 0.1) is 25.6 Å². The zero-order valence-corrected chi connectivity index (χ0v) is 17.4. The summed E-state index contributed by atoms with van der Waals surface area (Å²) in [6.07, 6.45) is 0. The van der Waals surface area contributed by atoms with E-state index in [9.17, 15) is 4.79 Å². The van der Waals surface area contributed by atoms with Gasteiger partial charge in [-0.3, -0.25) is 4.99 Å². The number of methoxy groups -OCH3 is 2. The Bertz CT molecular complexity index is 932. The van der Waals surface area contributed by atoms with Crippen molar-refractivity contribution in [2.45, 2.75) is 26.7 Å². The van der Waals surface area contributed by atoms with Crippen molar-refractivity contribution in [3.8, 4) is 17.4 Å². The second kappa shape index (κ2) is 8.51. The summed E-state index contributed by atoms with van der Waals surface area (Å²) in [5.41, 5.74) is 4.43. The number of carbonyl (C=O) groups is 1. The van der Waals surface area contributed by atoms with E-state index in [4.69, 9.17) is 24.3 Å². The summed E-state index contributed by atoms with van der Waals surface area (Å²) >= 11 is 0. The highest BCUT2D eigenvalue weighted by Gasteiger charge is 2.28. The van der Waals surface area contributed by atoms with Gasteiger partial charge in [0.2, 0.25) is 5.88 Å². The molecule has 2 heterocycles. The maximum Gasteiger partial charge on any atom is 0.341 e. The minimum atomic E-state index is -1.04. The summed E-state index contributed by atoms with van der Waals surface area (Å²) in [6, 6.07) is 7.44. The Hall–Kier alpha value is -3.09. The van der Waals surface area contributed by atoms with Gasteiger partial charge < -0.3 is 19.3 Å². The Kier molecular flexibility index (Phi) is 6.06. The molecule has 0 fully saturated rings. The van der Waals surface area contributed by atoms with Gasteiger partial charge in [0.25, 0.3) is 0 Å². The zero-order chi connectivity index (χ0) is 21.1. The number of fused-ring (bicyclic) bond motifs is 1. The van der Waals surface area contributed by atoms with Crippen molar-refractivity contribution in [2.75, 3.05) is 27.4 Å². The van der Waals surface area contributed by atoms with Crippen LogP contribution in [0.2, 0.25) is 0 Å². The molecule has 0 spiro atoms. The largest absolute Gasteiger partial charge is 0.497 e. The molecule has 1 aliphatic rings. The first kappa shape index (κ1) is 20.6. The monoisotopic (exact) mass is 398 g/mol. The highest BCUT2D eigenvalue weighted by Crippen LogP contribution is 2.35. The van der Waals surface area contributed by atoms with Gasteiger partial charge in [-0.2, -0.15) is 0 Å². The fourth-order valence-electron chi connectivity index (χ4n) is 3.44. The molecule has 0 amide bonds. The fraction of sp³-hybridized carbons (Fsp3) is 0.409. The van der Waals surface area contributed by atoms with Crippen LogP contribution >= 0.6 is 0 Å². The first-order valence-electron chi connectivity index (χ1n) is 9.48. The number of rotatable bonds is 6. The van der Waals surface area contributed by atoms with E-state index < -0.39 is 12.6 Å². The molecular formula is C22H26N2O5. The van der Waals surface area contributed by atoms with Gasteiger partial charge in [-0.25, -0.2) is 9.78 Å². The van der Waals surface area contributed by atoms with Crippen molar-refractivity contribution in [3.63, 3.8) is 0 Å². The lowest BCUT2D eigenvalue weighted by molar-refractivity contribution is -0.139. The Labute approximate surface area is 170 Å². The number of aromatic nitrogens is 1. The van der Waals surface area contributed by atoms with Gasteiger partial charge in [-0.1, -0.05) is 13.8 Å². The van der Waals surface area contributed by atoms with Crippen LogP contribution in [0.1, 0.15) is 42.1 Å². The van der Waals surface area contributed by atoms with Crippen LogP contribution in [0.5, 0.6) is 17.4 Å². The summed E-state index contributed by atoms with van der Waals surface area (Å²) in [5.74, 6) is 1.03. The van der Waals surface area contributed by atoms with Crippen LogP contribution in [0.3, 0.4) is 0 Å². The highest BCUT2D eigenvalue weighted by atomic mass is 16.5. The molecule has 29 heavy (non-hydrogen) atoms. The van der Waals surface area contributed by atoms with Crippen LogP contribution < -0.4 is 14.2 Å². The van der Waals surface area contributed by atoms with Gasteiger partial charge in [0, 0.05) is 35.7 Å². The van der Waals surface area contributed by atoms with E-state index in [0.717, 1.165) is 28.1 Å². The molecule has 7 heteroatoms. The number of hydrogen-bond acceptors (Lipinski definition) is 6. The van der Waals surface area contributed by atoms with Crippen molar-refractivity contribution in [1.29, 1.82) is 0 Å². The van der Waals surface area contributed by atoms with E-state index in [1.54, 1.807) is 20.3 Å².